The molecule has 1 aliphatic heterocycles. The molecule has 1 heterocycles. The Balaban J connectivity index is 1.95. The van der Waals surface area contributed by atoms with Crippen LogP contribution in [-0.2, 0) is 0 Å². The molecule has 0 aromatic rings. The van der Waals surface area contributed by atoms with E-state index in [1.807, 2.05) is 0 Å². The van der Waals surface area contributed by atoms with Gasteiger partial charge in [-0.05, 0) is 32.2 Å². The minimum atomic E-state index is 0.596. The Morgan fingerprint density at radius 3 is 2.67 bits per heavy atom. The van der Waals surface area contributed by atoms with E-state index in [2.05, 4.69) is 23.8 Å². The van der Waals surface area contributed by atoms with Crippen LogP contribution in [0.4, 0.5) is 0 Å². The first-order valence-electron chi connectivity index (χ1n) is 6.35. The quantitative estimate of drug-likeness (QED) is 0.731. The molecule has 2 aliphatic rings. The zero-order chi connectivity index (χ0) is 10.8. The number of nitrogens with two attached hydrogens (primary N) is 1. The molecule has 0 radical (unpaired) electrons. The molecular formula is C12H25N3. The van der Waals surface area contributed by atoms with E-state index in [0.717, 1.165) is 25.0 Å². The molecule has 0 bridgehead atoms. The van der Waals surface area contributed by atoms with Gasteiger partial charge in [-0.25, -0.2) is 0 Å². The Morgan fingerprint density at radius 1 is 1.27 bits per heavy atom. The van der Waals surface area contributed by atoms with Gasteiger partial charge in [-0.1, -0.05) is 6.92 Å². The zero-order valence-electron chi connectivity index (χ0n) is 10.2. The maximum atomic E-state index is 5.89. The normalized spacial score (nSPS) is 39.8. The van der Waals surface area contributed by atoms with E-state index in [0.29, 0.717) is 6.04 Å². The summed E-state index contributed by atoms with van der Waals surface area (Å²) < 4.78 is 0. The van der Waals surface area contributed by atoms with Crippen LogP contribution in [0.5, 0.6) is 0 Å². The fraction of sp³-hybridized carbons (Fsp3) is 1.00. The van der Waals surface area contributed by atoms with Crippen molar-refractivity contribution in [2.45, 2.75) is 38.3 Å². The smallest absolute Gasteiger partial charge is 0.0349 e. The molecule has 0 spiro atoms. The molecule has 0 aromatic carbocycles. The number of hydrogen-bond acceptors (Lipinski definition) is 3. The van der Waals surface area contributed by atoms with Crippen LogP contribution in [0.3, 0.4) is 0 Å². The molecule has 1 saturated carbocycles. The standard InChI is InChI=1S/C12H25N3/c1-10-3-4-11(7-10)15-6-5-14(2)9-12(15)8-13/h10-12H,3-9,13H2,1-2H3. The summed E-state index contributed by atoms with van der Waals surface area (Å²) in [6.07, 6.45) is 4.19. The second kappa shape index (κ2) is 4.81. The largest absolute Gasteiger partial charge is 0.329 e. The lowest BCUT2D eigenvalue weighted by Crippen LogP contribution is -2.57. The van der Waals surface area contributed by atoms with E-state index < -0.39 is 0 Å². The molecule has 3 heteroatoms. The summed E-state index contributed by atoms with van der Waals surface area (Å²) in [4.78, 5) is 5.09. The lowest BCUT2D eigenvalue weighted by atomic mass is 10.1. The van der Waals surface area contributed by atoms with E-state index in [-0.39, 0.29) is 0 Å². The van der Waals surface area contributed by atoms with Gasteiger partial charge in [-0.2, -0.15) is 0 Å². The molecule has 3 atom stereocenters. The Kier molecular flexibility index (Phi) is 3.65. The van der Waals surface area contributed by atoms with Gasteiger partial charge < -0.3 is 10.6 Å². The topological polar surface area (TPSA) is 32.5 Å². The predicted molar refractivity (Wildman–Crippen MR) is 63.8 cm³/mol. The Hall–Kier alpha value is -0.120. The zero-order valence-corrected chi connectivity index (χ0v) is 10.2. The number of hydrogen-bond donors (Lipinski definition) is 1. The molecule has 2 N–H and O–H groups in total. The van der Waals surface area contributed by atoms with E-state index in [1.165, 1.54) is 32.4 Å². The van der Waals surface area contributed by atoms with Crippen molar-refractivity contribution >= 4 is 0 Å². The average molecular weight is 211 g/mol. The summed E-state index contributed by atoms with van der Waals surface area (Å²) in [5.74, 6) is 0.924. The molecule has 15 heavy (non-hydrogen) atoms. The van der Waals surface area contributed by atoms with Crippen molar-refractivity contribution in [3.05, 3.63) is 0 Å². The summed E-state index contributed by atoms with van der Waals surface area (Å²) in [7, 11) is 2.21. The third-order valence-electron chi connectivity index (χ3n) is 4.14. The van der Waals surface area contributed by atoms with Gasteiger partial charge in [0.2, 0.25) is 0 Å². The second-order valence-corrected chi connectivity index (χ2v) is 5.46. The molecular weight excluding hydrogens is 186 g/mol. The van der Waals surface area contributed by atoms with Crippen LogP contribution in [0.15, 0.2) is 0 Å². The molecule has 2 rings (SSSR count). The van der Waals surface area contributed by atoms with Crippen molar-refractivity contribution in [1.29, 1.82) is 0 Å². The maximum Gasteiger partial charge on any atom is 0.0349 e. The van der Waals surface area contributed by atoms with Crippen molar-refractivity contribution in [2.24, 2.45) is 11.7 Å². The monoisotopic (exact) mass is 211 g/mol. The minimum Gasteiger partial charge on any atom is -0.329 e. The van der Waals surface area contributed by atoms with Gasteiger partial charge in [0.25, 0.3) is 0 Å². The third-order valence-corrected chi connectivity index (χ3v) is 4.14. The maximum absolute atomic E-state index is 5.89. The Bertz CT molecular complexity index is 205. The molecule has 88 valence electrons. The van der Waals surface area contributed by atoms with Crippen LogP contribution in [-0.4, -0.2) is 55.1 Å². The Morgan fingerprint density at radius 2 is 2.07 bits per heavy atom. The molecule has 1 saturated heterocycles. The van der Waals surface area contributed by atoms with E-state index >= 15 is 0 Å². The van der Waals surface area contributed by atoms with Gasteiger partial charge in [-0.15, -0.1) is 0 Å². The molecule has 3 unspecified atom stereocenters. The average Bonchev–Trinajstić information content (AvgIpc) is 2.64. The van der Waals surface area contributed by atoms with Gasteiger partial charge >= 0.3 is 0 Å². The van der Waals surface area contributed by atoms with Crippen LogP contribution in [0.25, 0.3) is 0 Å². The number of likely N-dealkylation sites (N-methyl/N-ethyl adjacent to an activating group) is 1. The van der Waals surface area contributed by atoms with Gasteiger partial charge in [0, 0.05) is 38.3 Å². The summed E-state index contributed by atoms with van der Waals surface area (Å²) in [5.41, 5.74) is 5.89. The lowest BCUT2D eigenvalue weighted by molar-refractivity contribution is 0.0570. The van der Waals surface area contributed by atoms with Crippen molar-refractivity contribution in [1.82, 2.24) is 9.80 Å². The van der Waals surface area contributed by atoms with E-state index in [9.17, 15) is 0 Å². The minimum absolute atomic E-state index is 0.596. The summed E-state index contributed by atoms with van der Waals surface area (Å²) in [6, 6.07) is 1.42. The predicted octanol–water partition coefficient (Wildman–Crippen LogP) is 0.750. The van der Waals surface area contributed by atoms with Gasteiger partial charge in [0.15, 0.2) is 0 Å². The highest BCUT2D eigenvalue weighted by molar-refractivity contribution is 4.89. The van der Waals surface area contributed by atoms with Crippen molar-refractivity contribution in [3.63, 3.8) is 0 Å². The van der Waals surface area contributed by atoms with Crippen LogP contribution in [0, 0.1) is 5.92 Å². The second-order valence-electron chi connectivity index (χ2n) is 5.46. The molecule has 2 fully saturated rings. The highest BCUT2D eigenvalue weighted by Crippen LogP contribution is 2.30. The van der Waals surface area contributed by atoms with Crippen LogP contribution < -0.4 is 5.73 Å². The molecule has 1 aliphatic carbocycles. The van der Waals surface area contributed by atoms with Gasteiger partial charge in [0.05, 0.1) is 0 Å². The number of piperazine rings is 1. The highest BCUT2D eigenvalue weighted by Gasteiger charge is 2.33. The van der Waals surface area contributed by atoms with Crippen molar-refractivity contribution in [2.75, 3.05) is 33.2 Å². The van der Waals surface area contributed by atoms with Crippen molar-refractivity contribution in [3.8, 4) is 0 Å². The summed E-state index contributed by atoms with van der Waals surface area (Å²) in [5, 5.41) is 0. The number of rotatable bonds is 2. The van der Waals surface area contributed by atoms with Crippen LogP contribution in [0.1, 0.15) is 26.2 Å². The highest BCUT2D eigenvalue weighted by atomic mass is 15.3. The fourth-order valence-electron chi connectivity index (χ4n) is 3.19. The fourth-order valence-corrected chi connectivity index (χ4v) is 3.19. The van der Waals surface area contributed by atoms with Crippen LogP contribution >= 0.6 is 0 Å². The lowest BCUT2D eigenvalue weighted by Gasteiger charge is -2.43. The van der Waals surface area contributed by atoms with E-state index in [1.54, 1.807) is 0 Å². The van der Waals surface area contributed by atoms with Gasteiger partial charge in [0.1, 0.15) is 0 Å². The third kappa shape index (κ3) is 2.52. The first-order valence-corrected chi connectivity index (χ1v) is 6.35. The van der Waals surface area contributed by atoms with Crippen LogP contribution in [0.2, 0.25) is 0 Å². The first-order chi connectivity index (χ1) is 7.20. The molecule has 0 aromatic heterocycles. The Labute approximate surface area is 93.6 Å². The SMILES string of the molecule is CC1CCC(N2CCN(C)CC2CN)C1. The summed E-state index contributed by atoms with van der Waals surface area (Å²) in [6.45, 7) is 6.78. The first kappa shape index (κ1) is 11.4. The van der Waals surface area contributed by atoms with E-state index in [4.69, 9.17) is 5.73 Å². The number of nitrogens with zero attached hydrogens (tertiary/aromatic N) is 2. The molecule has 3 nitrogen and oxygen atoms in total. The molecule has 0 amide bonds. The van der Waals surface area contributed by atoms with Crippen molar-refractivity contribution < 1.29 is 0 Å². The van der Waals surface area contributed by atoms with Gasteiger partial charge in [-0.3, -0.25) is 4.90 Å². The summed E-state index contributed by atoms with van der Waals surface area (Å²) >= 11 is 0.